The maximum Gasteiger partial charge on any atom is 0.255 e. The number of thiocarbonyl (C=S) groups is 1. The van der Waals surface area contributed by atoms with Crippen LogP contribution < -0.4 is 15.4 Å². The average molecular weight is 290 g/mol. The van der Waals surface area contributed by atoms with E-state index in [0.29, 0.717) is 17.0 Å². The normalized spacial score (nSPS) is 10.6. The van der Waals surface area contributed by atoms with E-state index in [4.69, 9.17) is 27.8 Å². The largest absolute Gasteiger partial charge is 0.497 e. The molecule has 0 saturated heterocycles. The fraction of sp³-hybridized carbons (Fsp3) is 0.417. The molecule has 0 amide bonds. The monoisotopic (exact) mass is 290 g/mol. The van der Waals surface area contributed by atoms with Crippen molar-refractivity contribution in [2.75, 3.05) is 31.7 Å². The molecule has 1 aromatic carbocycles. The first-order chi connectivity index (χ1) is 8.99. The van der Waals surface area contributed by atoms with Crippen LogP contribution in [0.25, 0.3) is 0 Å². The number of rotatable bonds is 7. The molecule has 0 unspecified atom stereocenters. The van der Waals surface area contributed by atoms with Crippen molar-refractivity contribution < 1.29 is 18.6 Å². The Bertz CT molecular complexity index is 444. The first kappa shape index (κ1) is 15.6. The number of nitrogens with zero attached hydrogens (tertiary/aromatic N) is 1. The molecule has 0 bridgehead atoms. The van der Waals surface area contributed by atoms with Crippen LogP contribution in [-0.4, -0.2) is 43.3 Å². The predicted octanol–water partition coefficient (Wildman–Crippen LogP) is 1.39. The number of hydrogen-bond acceptors (Lipinski definition) is 4. The number of methoxy groups -OCH3 is 1. The second-order valence-electron chi connectivity index (χ2n) is 3.81. The highest BCUT2D eigenvalue weighted by molar-refractivity contribution is 7.80. The van der Waals surface area contributed by atoms with E-state index < -0.39 is 13.0 Å². The van der Waals surface area contributed by atoms with Crippen LogP contribution in [0.5, 0.6) is 5.75 Å². The Kier molecular flexibility index (Phi) is 5.91. The van der Waals surface area contributed by atoms with Gasteiger partial charge in [-0.15, -0.1) is 0 Å². The lowest BCUT2D eigenvalue weighted by Crippen LogP contribution is -2.33. The smallest absolute Gasteiger partial charge is 0.255 e. The summed E-state index contributed by atoms with van der Waals surface area (Å²) in [6, 6.07) is 4.84. The van der Waals surface area contributed by atoms with Crippen molar-refractivity contribution in [3.8, 4) is 5.75 Å². The topological polar surface area (TPSA) is 58.7 Å². The van der Waals surface area contributed by atoms with Crippen LogP contribution in [0.2, 0.25) is 0 Å². The second-order valence-corrected chi connectivity index (χ2v) is 4.25. The summed E-state index contributed by atoms with van der Waals surface area (Å²) in [7, 11) is 1.48. The fourth-order valence-electron chi connectivity index (χ4n) is 1.71. The Morgan fingerprint density at radius 1 is 1.53 bits per heavy atom. The number of aliphatic hydroxyl groups excluding tert-OH is 1. The summed E-state index contributed by atoms with van der Waals surface area (Å²) in [5.41, 5.74) is 6.49. The highest BCUT2D eigenvalue weighted by atomic mass is 32.1. The van der Waals surface area contributed by atoms with E-state index in [1.807, 2.05) is 0 Å². The zero-order valence-electron chi connectivity index (χ0n) is 10.5. The molecule has 1 rings (SSSR count). The molecular weight excluding hydrogens is 274 g/mol. The molecule has 0 saturated carbocycles. The summed E-state index contributed by atoms with van der Waals surface area (Å²) < 4.78 is 30.2. The summed E-state index contributed by atoms with van der Waals surface area (Å²) in [4.78, 5) is 1.44. The quantitative estimate of drug-likeness (QED) is 0.743. The predicted molar refractivity (Wildman–Crippen MR) is 74.2 cm³/mol. The molecule has 0 aliphatic rings. The van der Waals surface area contributed by atoms with Crippen molar-refractivity contribution in [1.82, 2.24) is 0 Å². The highest BCUT2D eigenvalue weighted by Gasteiger charge is 2.17. The van der Waals surface area contributed by atoms with Gasteiger partial charge in [0.2, 0.25) is 0 Å². The Labute approximate surface area is 115 Å². The summed E-state index contributed by atoms with van der Waals surface area (Å²) in [6.07, 6.45) is -2.53. The lowest BCUT2D eigenvalue weighted by Gasteiger charge is -2.26. The van der Waals surface area contributed by atoms with Crippen LogP contribution in [0.15, 0.2) is 18.2 Å². The molecule has 0 aromatic heterocycles. The molecule has 1 aromatic rings. The Hall–Kier alpha value is -1.47. The van der Waals surface area contributed by atoms with Gasteiger partial charge >= 0.3 is 0 Å². The summed E-state index contributed by atoms with van der Waals surface area (Å²) in [5.74, 6) is 0.507. The van der Waals surface area contributed by atoms with Gasteiger partial charge in [-0.2, -0.15) is 0 Å². The molecule has 0 aliphatic heterocycles. The molecule has 19 heavy (non-hydrogen) atoms. The Balaban J connectivity index is 3.20. The molecule has 0 heterocycles. The number of hydrogen-bond donors (Lipinski definition) is 2. The minimum Gasteiger partial charge on any atom is -0.497 e. The third-order valence-electron chi connectivity index (χ3n) is 2.54. The van der Waals surface area contributed by atoms with Gasteiger partial charge in [0.25, 0.3) is 6.43 Å². The fourth-order valence-corrected chi connectivity index (χ4v) is 1.88. The first-order valence-corrected chi connectivity index (χ1v) is 6.02. The van der Waals surface area contributed by atoms with E-state index in [-0.39, 0.29) is 18.1 Å². The molecule has 0 atom stereocenters. The standard InChI is InChI=1S/C12H16F2N2O2S/c1-18-8-2-3-9(12(15)19)10(6-8)16(4-5-17)7-11(13)14/h2-3,6,11,17H,4-5,7H2,1H3,(H2,15,19). The Morgan fingerprint density at radius 2 is 2.21 bits per heavy atom. The zero-order valence-corrected chi connectivity index (χ0v) is 11.3. The molecular formula is C12H16F2N2O2S. The van der Waals surface area contributed by atoms with Crippen LogP contribution in [-0.2, 0) is 0 Å². The average Bonchev–Trinajstić information content (AvgIpc) is 2.36. The van der Waals surface area contributed by atoms with Gasteiger partial charge < -0.3 is 20.5 Å². The van der Waals surface area contributed by atoms with Gasteiger partial charge in [0.05, 0.1) is 25.9 Å². The highest BCUT2D eigenvalue weighted by Crippen LogP contribution is 2.26. The van der Waals surface area contributed by atoms with Crippen LogP contribution in [0, 0.1) is 0 Å². The van der Waals surface area contributed by atoms with E-state index >= 15 is 0 Å². The van der Waals surface area contributed by atoms with Crippen molar-refractivity contribution in [3.63, 3.8) is 0 Å². The summed E-state index contributed by atoms with van der Waals surface area (Å²) in [6.45, 7) is -0.697. The Morgan fingerprint density at radius 3 is 2.68 bits per heavy atom. The minimum atomic E-state index is -2.53. The zero-order chi connectivity index (χ0) is 14.4. The number of benzene rings is 1. The van der Waals surface area contributed by atoms with Crippen LogP contribution in [0.1, 0.15) is 5.56 Å². The number of ether oxygens (including phenoxy) is 1. The van der Waals surface area contributed by atoms with Gasteiger partial charge in [0, 0.05) is 18.2 Å². The molecule has 4 nitrogen and oxygen atoms in total. The van der Waals surface area contributed by atoms with Crippen molar-refractivity contribution in [2.45, 2.75) is 6.43 Å². The number of anilines is 1. The van der Waals surface area contributed by atoms with Crippen LogP contribution >= 0.6 is 12.2 Å². The molecule has 0 radical (unpaired) electrons. The number of alkyl halides is 2. The lowest BCUT2D eigenvalue weighted by molar-refractivity contribution is 0.153. The lowest BCUT2D eigenvalue weighted by atomic mass is 10.1. The maximum atomic E-state index is 12.6. The van der Waals surface area contributed by atoms with Crippen molar-refractivity contribution in [2.24, 2.45) is 5.73 Å². The van der Waals surface area contributed by atoms with E-state index in [9.17, 15) is 8.78 Å². The number of nitrogens with two attached hydrogens (primary N) is 1. The van der Waals surface area contributed by atoms with Crippen molar-refractivity contribution in [1.29, 1.82) is 0 Å². The van der Waals surface area contributed by atoms with E-state index in [1.54, 1.807) is 18.2 Å². The van der Waals surface area contributed by atoms with Gasteiger partial charge in [-0.3, -0.25) is 0 Å². The summed E-state index contributed by atoms with van der Waals surface area (Å²) >= 11 is 4.91. The second kappa shape index (κ2) is 7.20. The van der Waals surface area contributed by atoms with Gasteiger partial charge in [0.15, 0.2) is 0 Å². The molecule has 106 valence electrons. The minimum absolute atomic E-state index is 0.0626. The molecule has 0 spiro atoms. The number of halogens is 2. The maximum absolute atomic E-state index is 12.6. The first-order valence-electron chi connectivity index (χ1n) is 5.61. The molecule has 0 aliphatic carbocycles. The van der Waals surface area contributed by atoms with Gasteiger partial charge in [0.1, 0.15) is 10.7 Å². The van der Waals surface area contributed by atoms with Crippen molar-refractivity contribution >= 4 is 22.9 Å². The summed E-state index contributed by atoms with van der Waals surface area (Å²) in [5, 5.41) is 8.98. The van der Waals surface area contributed by atoms with E-state index in [0.717, 1.165) is 0 Å². The van der Waals surface area contributed by atoms with E-state index in [1.165, 1.54) is 12.0 Å². The SMILES string of the molecule is COc1ccc(C(N)=S)c(N(CCO)CC(F)F)c1. The van der Waals surface area contributed by atoms with Gasteiger partial charge in [-0.05, 0) is 12.1 Å². The van der Waals surface area contributed by atoms with Gasteiger partial charge in [-0.1, -0.05) is 12.2 Å². The van der Waals surface area contributed by atoms with Crippen LogP contribution in [0.4, 0.5) is 14.5 Å². The molecule has 7 heteroatoms. The van der Waals surface area contributed by atoms with Crippen LogP contribution in [0.3, 0.4) is 0 Å². The van der Waals surface area contributed by atoms with E-state index in [2.05, 4.69) is 0 Å². The van der Waals surface area contributed by atoms with Crippen molar-refractivity contribution in [3.05, 3.63) is 23.8 Å². The molecule has 0 fully saturated rings. The number of aliphatic hydroxyl groups is 1. The third-order valence-corrected chi connectivity index (χ3v) is 2.76. The van der Waals surface area contributed by atoms with Gasteiger partial charge in [-0.25, -0.2) is 8.78 Å². The molecule has 3 N–H and O–H groups in total. The third kappa shape index (κ3) is 4.29.